The molecule has 0 radical (unpaired) electrons. The molecule has 2 amide bonds. The summed E-state index contributed by atoms with van der Waals surface area (Å²) in [5.41, 5.74) is 1.87. The van der Waals surface area contributed by atoms with Crippen LogP contribution >= 0.6 is 23.1 Å². The molecular formula is C18H17NO2S2. The highest BCUT2D eigenvalue weighted by atomic mass is 32.2. The van der Waals surface area contributed by atoms with Crippen molar-refractivity contribution in [3.05, 3.63) is 57.1 Å². The topological polar surface area (TPSA) is 37.4 Å². The van der Waals surface area contributed by atoms with Crippen LogP contribution < -0.4 is 4.90 Å². The SMILES string of the molecule is CCCCc1ccc(N2C(=O)S/C(=C/c3cccs3)C2=O)cc1. The van der Waals surface area contributed by atoms with Crippen LogP contribution in [0.4, 0.5) is 10.5 Å². The van der Waals surface area contributed by atoms with Gasteiger partial charge in [-0.05, 0) is 59.8 Å². The van der Waals surface area contributed by atoms with Crippen molar-refractivity contribution in [2.75, 3.05) is 4.90 Å². The van der Waals surface area contributed by atoms with Crippen molar-refractivity contribution >= 4 is 46.0 Å². The molecule has 0 aliphatic carbocycles. The van der Waals surface area contributed by atoms with Crippen LogP contribution in [-0.4, -0.2) is 11.1 Å². The number of rotatable bonds is 5. The van der Waals surface area contributed by atoms with Crippen LogP contribution in [0.2, 0.25) is 0 Å². The van der Waals surface area contributed by atoms with Crippen LogP contribution in [-0.2, 0) is 11.2 Å². The number of carbonyl (C=O) groups is 2. The van der Waals surface area contributed by atoms with Crippen LogP contribution in [0.5, 0.6) is 0 Å². The molecule has 2 aromatic rings. The van der Waals surface area contributed by atoms with Gasteiger partial charge >= 0.3 is 0 Å². The summed E-state index contributed by atoms with van der Waals surface area (Å²) in [7, 11) is 0. The summed E-state index contributed by atoms with van der Waals surface area (Å²) in [6.07, 6.45) is 5.10. The number of imide groups is 1. The molecule has 2 heterocycles. The van der Waals surface area contributed by atoms with E-state index in [1.807, 2.05) is 41.8 Å². The smallest absolute Gasteiger partial charge is 0.268 e. The summed E-state index contributed by atoms with van der Waals surface area (Å²) in [5, 5.41) is 1.71. The fourth-order valence-corrected chi connectivity index (χ4v) is 3.95. The maximum absolute atomic E-state index is 12.5. The second-order valence-corrected chi connectivity index (χ2v) is 7.28. The number of unbranched alkanes of at least 4 members (excludes halogenated alkanes) is 1. The van der Waals surface area contributed by atoms with Gasteiger partial charge in [0.15, 0.2) is 0 Å². The number of carbonyl (C=O) groups excluding carboxylic acids is 2. The van der Waals surface area contributed by atoms with Gasteiger partial charge in [-0.1, -0.05) is 31.5 Å². The van der Waals surface area contributed by atoms with Gasteiger partial charge in [-0.2, -0.15) is 0 Å². The Labute approximate surface area is 144 Å². The highest BCUT2D eigenvalue weighted by Gasteiger charge is 2.36. The minimum absolute atomic E-state index is 0.237. The van der Waals surface area contributed by atoms with E-state index in [-0.39, 0.29) is 11.1 Å². The molecule has 1 aromatic carbocycles. The molecule has 0 N–H and O–H groups in total. The molecular weight excluding hydrogens is 326 g/mol. The number of hydrogen-bond acceptors (Lipinski definition) is 4. The van der Waals surface area contributed by atoms with E-state index in [4.69, 9.17) is 0 Å². The molecule has 0 bridgehead atoms. The molecule has 3 nitrogen and oxygen atoms in total. The Bertz CT molecular complexity index is 733. The number of thioether (sulfide) groups is 1. The number of aryl methyl sites for hydroxylation is 1. The average molecular weight is 343 g/mol. The molecule has 0 saturated carbocycles. The number of amides is 2. The average Bonchev–Trinajstić information content (AvgIpc) is 3.15. The second-order valence-electron chi connectivity index (χ2n) is 5.30. The molecule has 0 unspecified atom stereocenters. The van der Waals surface area contributed by atoms with Gasteiger partial charge in [-0.3, -0.25) is 9.59 Å². The lowest BCUT2D eigenvalue weighted by molar-refractivity contribution is -0.113. The number of hydrogen-bond donors (Lipinski definition) is 0. The highest BCUT2D eigenvalue weighted by molar-refractivity contribution is 8.19. The van der Waals surface area contributed by atoms with Gasteiger partial charge in [-0.25, -0.2) is 4.90 Å². The molecule has 1 saturated heterocycles. The van der Waals surface area contributed by atoms with Crippen molar-refractivity contribution in [2.24, 2.45) is 0 Å². The lowest BCUT2D eigenvalue weighted by Crippen LogP contribution is -2.27. The minimum atomic E-state index is -0.241. The van der Waals surface area contributed by atoms with Gasteiger partial charge in [0.2, 0.25) is 0 Å². The van der Waals surface area contributed by atoms with Crippen LogP contribution in [0.25, 0.3) is 6.08 Å². The normalized spacial score (nSPS) is 16.6. The summed E-state index contributed by atoms with van der Waals surface area (Å²) < 4.78 is 0. The molecule has 0 spiro atoms. The third-order valence-electron chi connectivity index (χ3n) is 3.62. The van der Waals surface area contributed by atoms with Crippen LogP contribution in [0.3, 0.4) is 0 Å². The molecule has 1 fully saturated rings. The third kappa shape index (κ3) is 3.57. The molecule has 1 aromatic heterocycles. The Kier molecular flexibility index (Phi) is 4.98. The van der Waals surface area contributed by atoms with Gasteiger partial charge in [0, 0.05) is 4.88 Å². The fraction of sp³-hybridized carbons (Fsp3) is 0.222. The van der Waals surface area contributed by atoms with E-state index in [9.17, 15) is 9.59 Å². The fourth-order valence-electron chi connectivity index (χ4n) is 2.39. The van der Waals surface area contributed by atoms with Gasteiger partial charge < -0.3 is 0 Å². The predicted molar refractivity (Wildman–Crippen MR) is 97.8 cm³/mol. The van der Waals surface area contributed by atoms with E-state index >= 15 is 0 Å². The quantitative estimate of drug-likeness (QED) is 0.688. The first-order valence-corrected chi connectivity index (χ1v) is 9.29. The van der Waals surface area contributed by atoms with Crippen molar-refractivity contribution in [3.8, 4) is 0 Å². The molecule has 1 aliphatic heterocycles. The number of thiophene rings is 1. The van der Waals surface area contributed by atoms with Crippen LogP contribution in [0.15, 0.2) is 46.7 Å². The van der Waals surface area contributed by atoms with Gasteiger partial charge in [-0.15, -0.1) is 11.3 Å². The molecule has 0 atom stereocenters. The Morgan fingerprint density at radius 1 is 1.13 bits per heavy atom. The van der Waals surface area contributed by atoms with Crippen LogP contribution in [0, 0.1) is 0 Å². The summed E-state index contributed by atoms with van der Waals surface area (Å²) in [6, 6.07) is 11.6. The van der Waals surface area contributed by atoms with E-state index in [1.54, 1.807) is 17.4 Å². The molecule has 3 rings (SSSR count). The summed E-state index contributed by atoms with van der Waals surface area (Å²) in [6.45, 7) is 2.16. The first-order chi connectivity index (χ1) is 11.2. The van der Waals surface area contributed by atoms with Crippen molar-refractivity contribution in [3.63, 3.8) is 0 Å². The number of nitrogens with zero attached hydrogens (tertiary/aromatic N) is 1. The van der Waals surface area contributed by atoms with Gasteiger partial charge in [0.05, 0.1) is 10.6 Å². The minimum Gasteiger partial charge on any atom is -0.268 e. The maximum Gasteiger partial charge on any atom is 0.298 e. The van der Waals surface area contributed by atoms with Crippen molar-refractivity contribution in [1.29, 1.82) is 0 Å². The van der Waals surface area contributed by atoms with Gasteiger partial charge in [0.25, 0.3) is 11.1 Å². The third-order valence-corrected chi connectivity index (χ3v) is 5.31. The van der Waals surface area contributed by atoms with Crippen LogP contribution in [0.1, 0.15) is 30.2 Å². The first kappa shape index (κ1) is 16.0. The zero-order valence-corrected chi connectivity index (χ0v) is 14.5. The second kappa shape index (κ2) is 7.15. The largest absolute Gasteiger partial charge is 0.298 e. The molecule has 5 heteroatoms. The van der Waals surface area contributed by atoms with E-state index in [1.165, 1.54) is 10.5 Å². The Morgan fingerprint density at radius 3 is 2.57 bits per heavy atom. The monoisotopic (exact) mass is 343 g/mol. The number of benzene rings is 1. The van der Waals surface area contributed by atoms with E-state index in [2.05, 4.69) is 6.92 Å². The lowest BCUT2D eigenvalue weighted by atomic mass is 10.1. The van der Waals surface area contributed by atoms with Crippen molar-refractivity contribution in [2.45, 2.75) is 26.2 Å². The summed E-state index contributed by atoms with van der Waals surface area (Å²) >= 11 is 2.55. The molecule has 118 valence electrons. The number of anilines is 1. The lowest BCUT2D eigenvalue weighted by Gasteiger charge is -2.13. The zero-order valence-electron chi connectivity index (χ0n) is 12.8. The van der Waals surface area contributed by atoms with E-state index in [0.29, 0.717) is 10.6 Å². The standard InChI is InChI=1S/C18H17NO2S2/c1-2-3-5-13-7-9-14(10-8-13)19-17(20)16(23-18(19)21)12-15-6-4-11-22-15/h4,6-12H,2-3,5H2,1H3/b16-12+. The van der Waals surface area contributed by atoms with E-state index < -0.39 is 0 Å². The van der Waals surface area contributed by atoms with Crippen molar-refractivity contribution < 1.29 is 9.59 Å². The summed E-state index contributed by atoms with van der Waals surface area (Å²) in [4.78, 5) is 27.4. The van der Waals surface area contributed by atoms with Gasteiger partial charge in [0.1, 0.15) is 0 Å². The maximum atomic E-state index is 12.5. The van der Waals surface area contributed by atoms with Crippen molar-refractivity contribution in [1.82, 2.24) is 0 Å². The van der Waals surface area contributed by atoms with E-state index in [0.717, 1.165) is 35.9 Å². The highest BCUT2D eigenvalue weighted by Crippen LogP contribution is 2.36. The Morgan fingerprint density at radius 2 is 1.91 bits per heavy atom. The first-order valence-electron chi connectivity index (χ1n) is 7.59. The molecule has 23 heavy (non-hydrogen) atoms. The Balaban J connectivity index is 1.80. The Hall–Kier alpha value is -1.85. The predicted octanol–water partition coefficient (Wildman–Crippen LogP) is 5.33. The zero-order chi connectivity index (χ0) is 16.2. The molecule has 1 aliphatic rings. The summed E-state index contributed by atoms with van der Waals surface area (Å²) in [5.74, 6) is -0.241.